The van der Waals surface area contributed by atoms with E-state index in [4.69, 9.17) is 4.74 Å². The van der Waals surface area contributed by atoms with Gasteiger partial charge in [0.2, 0.25) is 0 Å². The molecule has 4 heteroatoms. The zero-order chi connectivity index (χ0) is 10.6. The summed E-state index contributed by atoms with van der Waals surface area (Å²) < 4.78 is 8.18. The van der Waals surface area contributed by atoms with Crippen LogP contribution >= 0.6 is 15.9 Å². The molecule has 0 atom stereocenters. The lowest BCUT2D eigenvalue weighted by molar-refractivity contribution is 0.191. The number of ether oxygens (including phenoxy) is 1. The van der Waals surface area contributed by atoms with Gasteiger partial charge in [-0.25, -0.2) is 0 Å². The van der Waals surface area contributed by atoms with Crippen molar-refractivity contribution in [2.45, 2.75) is 33.2 Å². The van der Waals surface area contributed by atoms with Gasteiger partial charge in [0.15, 0.2) is 0 Å². The monoisotopic (exact) mass is 260 g/mol. The van der Waals surface area contributed by atoms with Crippen LogP contribution in [0.4, 0.5) is 0 Å². The van der Waals surface area contributed by atoms with E-state index in [1.165, 1.54) is 5.69 Å². The Morgan fingerprint density at radius 1 is 1.36 bits per heavy atom. The molecule has 1 rings (SSSR count). The Kier molecular flexibility index (Phi) is 4.62. The summed E-state index contributed by atoms with van der Waals surface area (Å²) in [6.45, 7) is 5.91. The van der Waals surface area contributed by atoms with E-state index < -0.39 is 0 Å². The molecule has 0 amide bonds. The molecule has 80 valence electrons. The van der Waals surface area contributed by atoms with Gasteiger partial charge in [0.05, 0.1) is 10.2 Å². The largest absolute Gasteiger partial charge is 0.385 e. The van der Waals surface area contributed by atoms with Crippen molar-refractivity contribution in [1.29, 1.82) is 0 Å². The number of hydrogen-bond donors (Lipinski definition) is 0. The van der Waals surface area contributed by atoms with Crippen LogP contribution in [0, 0.1) is 13.8 Å². The summed E-state index contributed by atoms with van der Waals surface area (Å²) in [5.74, 6) is 0. The fraction of sp³-hybridized carbons (Fsp3) is 0.700. The lowest BCUT2D eigenvalue weighted by Crippen LogP contribution is -2.03. The Labute approximate surface area is 93.6 Å². The molecule has 0 saturated heterocycles. The van der Waals surface area contributed by atoms with Crippen molar-refractivity contribution in [1.82, 2.24) is 9.78 Å². The van der Waals surface area contributed by atoms with Crippen LogP contribution in [0.1, 0.15) is 24.2 Å². The van der Waals surface area contributed by atoms with Crippen LogP contribution in [-0.2, 0) is 11.3 Å². The summed E-state index contributed by atoms with van der Waals surface area (Å²) in [6.07, 6.45) is 2.20. The Hall–Kier alpha value is -0.350. The minimum atomic E-state index is 0.834. The van der Waals surface area contributed by atoms with Crippen LogP contribution in [0.15, 0.2) is 4.47 Å². The first kappa shape index (κ1) is 11.7. The van der Waals surface area contributed by atoms with Crippen LogP contribution in [0.3, 0.4) is 0 Å². The van der Waals surface area contributed by atoms with Gasteiger partial charge in [0.25, 0.3) is 0 Å². The van der Waals surface area contributed by atoms with Crippen molar-refractivity contribution in [2.24, 2.45) is 0 Å². The molecule has 0 N–H and O–H groups in total. The predicted molar refractivity (Wildman–Crippen MR) is 60.5 cm³/mol. The van der Waals surface area contributed by atoms with Gasteiger partial charge in [-0.2, -0.15) is 5.10 Å². The lowest BCUT2D eigenvalue weighted by atomic mass is 10.3. The number of aryl methyl sites for hydroxylation is 2. The smallest absolute Gasteiger partial charge is 0.0738 e. The van der Waals surface area contributed by atoms with Gasteiger partial charge in [0, 0.05) is 26.0 Å². The summed E-state index contributed by atoms with van der Waals surface area (Å²) >= 11 is 3.51. The normalized spacial score (nSPS) is 10.9. The maximum atomic E-state index is 5.00. The fourth-order valence-corrected chi connectivity index (χ4v) is 1.68. The Balaban J connectivity index is 2.47. The third kappa shape index (κ3) is 2.82. The highest BCUT2D eigenvalue weighted by Gasteiger charge is 2.07. The van der Waals surface area contributed by atoms with Crippen molar-refractivity contribution in [3.8, 4) is 0 Å². The molecule has 0 unspecified atom stereocenters. The molecule has 0 fully saturated rings. The standard InChI is InChI=1S/C10H17BrN2O/c1-8-10(11)9(2)13(12-8)6-4-5-7-14-3/h4-7H2,1-3H3. The maximum absolute atomic E-state index is 5.00. The second-order valence-electron chi connectivity index (χ2n) is 3.41. The number of unbranched alkanes of at least 4 members (excludes halogenated alkanes) is 1. The molecule has 0 saturated carbocycles. The van der Waals surface area contributed by atoms with Crippen molar-refractivity contribution in [2.75, 3.05) is 13.7 Å². The number of methoxy groups -OCH3 is 1. The van der Waals surface area contributed by atoms with Crippen molar-refractivity contribution in [3.63, 3.8) is 0 Å². The number of halogens is 1. The summed E-state index contributed by atoms with van der Waals surface area (Å²) in [7, 11) is 1.74. The second kappa shape index (κ2) is 5.51. The molecule has 0 spiro atoms. The van der Waals surface area contributed by atoms with E-state index in [1.54, 1.807) is 7.11 Å². The average Bonchev–Trinajstić information content (AvgIpc) is 2.41. The van der Waals surface area contributed by atoms with Crippen LogP contribution in [0.25, 0.3) is 0 Å². The molecule has 0 aliphatic rings. The zero-order valence-corrected chi connectivity index (χ0v) is 10.6. The van der Waals surface area contributed by atoms with Crippen LogP contribution in [0.2, 0.25) is 0 Å². The molecule has 1 heterocycles. The second-order valence-corrected chi connectivity index (χ2v) is 4.20. The van der Waals surface area contributed by atoms with Crippen LogP contribution in [0.5, 0.6) is 0 Å². The lowest BCUT2D eigenvalue weighted by Gasteiger charge is -2.03. The molecular weight excluding hydrogens is 244 g/mol. The maximum Gasteiger partial charge on any atom is 0.0738 e. The highest BCUT2D eigenvalue weighted by molar-refractivity contribution is 9.10. The van der Waals surface area contributed by atoms with E-state index >= 15 is 0 Å². The van der Waals surface area contributed by atoms with E-state index in [0.29, 0.717) is 0 Å². The highest BCUT2D eigenvalue weighted by atomic mass is 79.9. The minimum Gasteiger partial charge on any atom is -0.385 e. The summed E-state index contributed by atoms with van der Waals surface area (Å²) in [4.78, 5) is 0. The molecule has 3 nitrogen and oxygen atoms in total. The van der Waals surface area contributed by atoms with Crippen LogP contribution in [-0.4, -0.2) is 23.5 Å². The third-order valence-electron chi connectivity index (χ3n) is 2.26. The van der Waals surface area contributed by atoms with Gasteiger partial charge in [-0.15, -0.1) is 0 Å². The molecule has 0 bridgehead atoms. The van der Waals surface area contributed by atoms with E-state index in [0.717, 1.165) is 36.2 Å². The summed E-state index contributed by atoms with van der Waals surface area (Å²) in [5.41, 5.74) is 2.27. The van der Waals surface area contributed by atoms with Gasteiger partial charge in [-0.05, 0) is 42.6 Å². The Bertz CT molecular complexity index is 297. The van der Waals surface area contributed by atoms with E-state index in [1.807, 2.05) is 6.92 Å². The summed E-state index contributed by atoms with van der Waals surface area (Å²) in [5, 5.41) is 4.44. The predicted octanol–water partition coefficient (Wildman–Crippen LogP) is 2.69. The molecular formula is C10H17BrN2O. The topological polar surface area (TPSA) is 27.1 Å². The molecule has 14 heavy (non-hydrogen) atoms. The fourth-order valence-electron chi connectivity index (χ4n) is 1.40. The summed E-state index contributed by atoms with van der Waals surface area (Å²) in [6, 6.07) is 0. The molecule has 1 aromatic heterocycles. The van der Waals surface area contributed by atoms with Gasteiger partial charge in [-0.1, -0.05) is 0 Å². The van der Waals surface area contributed by atoms with Crippen molar-refractivity contribution >= 4 is 15.9 Å². The van der Waals surface area contributed by atoms with E-state index in [2.05, 4.69) is 32.6 Å². The number of rotatable bonds is 5. The molecule has 0 aliphatic carbocycles. The average molecular weight is 261 g/mol. The number of aromatic nitrogens is 2. The first-order chi connectivity index (χ1) is 6.66. The number of hydrogen-bond acceptors (Lipinski definition) is 2. The quantitative estimate of drug-likeness (QED) is 0.762. The SMILES string of the molecule is COCCCCn1nc(C)c(Br)c1C. The Morgan fingerprint density at radius 2 is 2.07 bits per heavy atom. The van der Waals surface area contributed by atoms with Crippen LogP contribution < -0.4 is 0 Å². The first-order valence-electron chi connectivity index (χ1n) is 4.85. The highest BCUT2D eigenvalue weighted by Crippen LogP contribution is 2.19. The van der Waals surface area contributed by atoms with E-state index in [-0.39, 0.29) is 0 Å². The molecule has 1 aromatic rings. The van der Waals surface area contributed by atoms with Crippen molar-refractivity contribution < 1.29 is 4.74 Å². The number of nitrogens with zero attached hydrogens (tertiary/aromatic N) is 2. The van der Waals surface area contributed by atoms with Gasteiger partial charge in [-0.3, -0.25) is 4.68 Å². The molecule has 0 radical (unpaired) electrons. The Morgan fingerprint density at radius 3 is 2.57 bits per heavy atom. The molecule has 0 aliphatic heterocycles. The minimum absolute atomic E-state index is 0.834. The zero-order valence-electron chi connectivity index (χ0n) is 9.01. The van der Waals surface area contributed by atoms with Gasteiger partial charge in [0.1, 0.15) is 0 Å². The third-order valence-corrected chi connectivity index (χ3v) is 3.41. The first-order valence-corrected chi connectivity index (χ1v) is 5.64. The van der Waals surface area contributed by atoms with Crippen molar-refractivity contribution in [3.05, 3.63) is 15.9 Å². The van der Waals surface area contributed by atoms with E-state index in [9.17, 15) is 0 Å². The van der Waals surface area contributed by atoms with Gasteiger partial charge >= 0.3 is 0 Å². The molecule has 0 aromatic carbocycles. The van der Waals surface area contributed by atoms with Gasteiger partial charge < -0.3 is 4.74 Å².